The van der Waals surface area contributed by atoms with Crippen molar-refractivity contribution in [3.63, 3.8) is 0 Å². The van der Waals surface area contributed by atoms with Gasteiger partial charge in [0.1, 0.15) is 0 Å². The number of hydrogen-bond donors (Lipinski definition) is 1. The first-order chi connectivity index (χ1) is 14.2. The van der Waals surface area contributed by atoms with Crippen molar-refractivity contribution < 1.29 is 13.2 Å². The highest BCUT2D eigenvalue weighted by atomic mass is 32.2. The van der Waals surface area contributed by atoms with Crippen molar-refractivity contribution in [3.05, 3.63) is 59.0 Å². The van der Waals surface area contributed by atoms with Gasteiger partial charge in [-0.2, -0.15) is 0 Å². The molecule has 30 heavy (non-hydrogen) atoms. The topological polar surface area (TPSA) is 66.5 Å². The first-order valence-corrected chi connectivity index (χ1v) is 12.4. The van der Waals surface area contributed by atoms with Crippen molar-refractivity contribution in [2.24, 2.45) is 5.92 Å². The highest BCUT2D eigenvalue weighted by Gasteiger charge is 2.24. The summed E-state index contributed by atoms with van der Waals surface area (Å²) in [5.74, 6) is 0.448. The van der Waals surface area contributed by atoms with Crippen LogP contribution in [0.2, 0.25) is 0 Å². The summed E-state index contributed by atoms with van der Waals surface area (Å²) < 4.78 is 28.7. The molecular weight excluding hydrogens is 416 g/mol. The number of nitrogens with zero attached hydrogens (tertiary/aromatic N) is 1. The predicted molar refractivity (Wildman–Crippen MR) is 125 cm³/mol. The molecule has 1 aromatic heterocycles. The van der Waals surface area contributed by atoms with Crippen LogP contribution in [0.1, 0.15) is 42.4 Å². The molecule has 3 rings (SSSR count). The molecule has 0 radical (unpaired) electrons. The number of thiophene rings is 1. The fourth-order valence-corrected chi connectivity index (χ4v) is 5.61. The van der Waals surface area contributed by atoms with E-state index >= 15 is 0 Å². The molecule has 5 nitrogen and oxygen atoms in total. The van der Waals surface area contributed by atoms with Gasteiger partial charge in [0.15, 0.2) is 0 Å². The summed E-state index contributed by atoms with van der Waals surface area (Å²) in [5, 5.41) is 3.82. The predicted octanol–water partition coefficient (Wildman–Crippen LogP) is 5.20. The molecule has 7 heteroatoms. The van der Waals surface area contributed by atoms with E-state index in [1.165, 1.54) is 15.6 Å². The minimum Gasteiger partial charge on any atom is -0.351 e. The molecule has 1 N–H and O–H groups in total. The molecule has 0 bridgehead atoms. The Bertz CT molecular complexity index is 1130. The first-order valence-electron chi connectivity index (χ1n) is 10.1. The Kier molecular flexibility index (Phi) is 6.83. The minimum atomic E-state index is -3.66. The molecule has 3 aromatic rings. The summed E-state index contributed by atoms with van der Waals surface area (Å²) >= 11 is 1.42. The third kappa shape index (κ3) is 4.84. The summed E-state index contributed by atoms with van der Waals surface area (Å²) in [6.45, 7) is 8.95. The van der Waals surface area contributed by atoms with Gasteiger partial charge in [0, 0.05) is 17.8 Å². The van der Waals surface area contributed by atoms with Gasteiger partial charge in [-0.3, -0.25) is 9.10 Å². The lowest BCUT2D eigenvalue weighted by atomic mass is 10.1. The van der Waals surface area contributed by atoms with Crippen molar-refractivity contribution in [3.8, 4) is 0 Å². The van der Waals surface area contributed by atoms with Crippen LogP contribution < -0.4 is 9.62 Å². The molecule has 0 spiro atoms. The van der Waals surface area contributed by atoms with E-state index in [0.29, 0.717) is 29.6 Å². The number of carbonyl (C=O) groups excluding carboxylic acids is 1. The smallest absolute Gasteiger partial charge is 0.264 e. The quantitative estimate of drug-likeness (QED) is 0.519. The van der Waals surface area contributed by atoms with E-state index < -0.39 is 10.0 Å². The van der Waals surface area contributed by atoms with Crippen molar-refractivity contribution in [2.75, 3.05) is 17.4 Å². The molecule has 160 valence electrons. The van der Waals surface area contributed by atoms with E-state index in [-0.39, 0.29) is 10.8 Å². The van der Waals surface area contributed by atoms with Gasteiger partial charge >= 0.3 is 0 Å². The van der Waals surface area contributed by atoms with Crippen LogP contribution in [0.5, 0.6) is 0 Å². The van der Waals surface area contributed by atoms with Gasteiger partial charge in [0.2, 0.25) is 0 Å². The van der Waals surface area contributed by atoms with Crippen LogP contribution in [-0.4, -0.2) is 27.4 Å². The molecule has 0 saturated carbocycles. The van der Waals surface area contributed by atoms with Crippen molar-refractivity contribution in [1.29, 1.82) is 0 Å². The summed E-state index contributed by atoms with van der Waals surface area (Å²) in [7, 11) is -3.66. The molecule has 0 aliphatic heterocycles. The minimum absolute atomic E-state index is 0.0852. The van der Waals surface area contributed by atoms with E-state index in [0.717, 1.165) is 22.1 Å². The Balaban J connectivity index is 1.88. The Labute approximate surface area is 182 Å². The number of amides is 1. The number of hydrogen-bond acceptors (Lipinski definition) is 4. The average Bonchev–Trinajstić information content (AvgIpc) is 3.12. The number of anilines is 1. The summed E-state index contributed by atoms with van der Waals surface area (Å²) in [6, 6.07) is 14.2. The lowest BCUT2D eigenvalue weighted by Crippen LogP contribution is -2.30. The van der Waals surface area contributed by atoms with Crippen LogP contribution in [0.25, 0.3) is 10.1 Å². The molecule has 0 fully saturated rings. The molecule has 2 aromatic carbocycles. The van der Waals surface area contributed by atoms with E-state index in [9.17, 15) is 13.2 Å². The SMILES string of the molecule is CCN(c1ccc2sc(C(=O)NCCC(C)C)cc2c1)S(=O)(=O)c1ccc(C)cc1. The zero-order chi connectivity index (χ0) is 21.9. The van der Waals surface area contributed by atoms with Gasteiger partial charge in [-0.25, -0.2) is 8.42 Å². The van der Waals surface area contributed by atoms with Crippen LogP contribution >= 0.6 is 11.3 Å². The number of carbonyl (C=O) groups is 1. The van der Waals surface area contributed by atoms with Crippen LogP contribution in [0, 0.1) is 12.8 Å². The standard InChI is InChI=1S/C23H28N2O3S2/c1-5-25(30(27,28)20-9-6-17(4)7-10-20)19-8-11-21-18(14-19)15-22(29-21)23(26)24-13-12-16(2)3/h6-11,14-16H,5,12-13H2,1-4H3,(H,24,26). The first kappa shape index (κ1) is 22.3. The molecule has 0 saturated heterocycles. The number of fused-ring (bicyclic) bond motifs is 1. The largest absolute Gasteiger partial charge is 0.351 e. The molecule has 1 amide bonds. The Morgan fingerprint density at radius 3 is 2.43 bits per heavy atom. The molecule has 0 aliphatic rings. The number of aryl methyl sites for hydroxylation is 1. The fourth-order valence-electron chi connectivity index (χ4n) is 3.19. The van der Waals surface area contributed by atoms with Crippen molar-refractivity contribution >= 4 is 43.0 Å². The average molecular weight is 445 g/mol. The maximum absolute atomic E-state index is 13.2. The van der Waals surface area contributed by atoms with E-state index in [2.05, 4.69) is 19.2 Å². The third-order valence-electron chi connectivity index (χ3n) is 4.92. The lowest BCUT2D eigenvalue weighted by Gasteiger charge is -2.23. The normalized spacial score (nSPS) is 11.8. The van der Waals surface area contributed by atoms with E-state index in [4.69, 9.17) is 0 Å². The number of sulfonamides is 1. The Morgan fingerprint density at radius 1 is 1.10 bits per heavy atom. The maximum atomic E-state index is 13.2. The second-order valence-corrected chi connectivity index (χ2v) is 10.7. The molecular formula is C23H28N2O3S2. The second kappa shape index (κ2) is 9.18. The zero-order valence-electron chi connectivity index (χ0n) is 17.8. The van der Waals surface area contributed by atoms with Crippen molar-refractivity contribution in [2.45, 2.75) is 39.0 Å². The number of rotatable bonds is 8. The number of nitrogens with one attached hydrogen (secondary N) is 1. The molecule has 0 atom stereocenters. The Hall–Kier alpha value is -2.38. The lowest BCUT2D eigenvalue weighted by molar-refractivity contribution is 0.0956. The van der Waals surface area contributed by atoms with Gasteiger partial charge < -0.3 is 5.32 Å². The molecule has 1 heterocycles. The van der Waals surface area contributed by atoms with Gasteiger partial charge in [-0.05, 0) is 68.0 Å². The zero-order valence-corrected chi connectivity index (χ0v) is 19.4. The van der Waals surface area contributed by atoms with Crippen molar-refractivity contribution in [1.82, 2.24) is 5.32 Å². The summed E-state index contributed by atoms with van der Waals surface area (Å²) in [4.78, 5) is 13.3. The summed E-state index contributed by atoms with van der Waals surface area (Å²) in [6.07, 6.45) is 0.934. The van der Waals surface area contributed by atoms with Crippen LogP contribution in [0.4, 0.5) is 5.69 Å². The number of benzene rings is 2. The van der Waals surface area contributed by atoms with E-state index in [1.807, 2.05) is 32.0 Å². The van der Waals surface area contributed by atoms with Gasteiger partial charge in [-0.1, -0.05) is 31.5 Å². The fraction of sp³-hybridized carbons (Fsp3) is 0.348. The monoisotopic (exact) mass is 444 g/mol. The third-order valence-corrected chi connectivity index (χ3v) is 7.95. The molecule has 0 aliphatic carbocycles. The van der Waals surface area contributed by atoms with Crippen LogP contribution in [-0.2, 0) is 10.0 Å². The van der Waals surface area contributed by atoms with Crippen LogP contribution in [0.3, 0.4) is 0 Å². The Morgan fingerprint density at radius 2 is 1.80 bits per heavy atom. The highest BCUT2D eigenvalue weighted by molar-refractivity contribution is 7.92. The second-order valence-electron chi connectivity index (χ2n) is 7.75. The highest BCUT2D eigenvalue weighted by Crippen LogP contribution is 2.31. The van der Waals surface area contributed by atoms with Gasteiger partial charge in [-0.15, -0.1) is 11.3 Å². The maximum Gasteiger partial charge on any atom is 0.264 e. The molecule has 0 unspecified atom stereocenters. The van der Waals surface area contributed by atoms with E-state index in [1.54, 1.807) is 30.3 Å². The van der Waals surface area contributed by atoms with Gasteiger partial charge in [0.25, 0.3) is 15.9 Å². The van der Waals surface area contributed by atoms with Gasteiger partial charge in [0.05, 0.1) is 15.5 Å². The summed E-state index contributed by atoms with van der Waals surface area (Å²) in [5.41, 5.74) is 1.60. The van der Waals surface area contributed by atoms with Crippen LogP contribution in [0.15, 0.2) is 53.4 Å².